The molecule has 0 saturated carbocycles. The third-order valence-corrected chi connectivity index (χ3v) is 5.58. The van der Waals surface area contributed by atoms with Crippen LogP contribution in [0.1, 0.15) is 77.4 Å². The summed E-state index contributed by atoms with van der Waals surface area (Å²) < 4.78 is 21.7. The molecule has 0 aromatic carbocycles. The Morgan fingerprint density at radius 2 is 1.62 bits per heavy atom. The molecule has 4 atom stereocenters. The molecule has 2 heterocycles. The summed E-state index contributed by atoms with van der Waals surface area (Å²) in [5.41, 5.74) is -1.10. The molecule has 0 spiro atoms. The average Bonchev–Trinajstić information content (AvgIpc) is 3.00. The second-order valence-electron chi connectivity index (χ2n) is 7.86. The zero-order valence-corrected chi connectivity index (χ0v) is 17.3. The number of halogens is 1. The van der Waals surface area contributed by atoms with Gasteiger partial charge in [0.25, 0.3) is 5.56 Å². The lowest BCUT2D eigenvalue weighted by Crippen LogP contribution is -2.42. The monoisotopic (exact) mass is 414 g/mol. The number of alkyl halides is 1. The van der Waals surface area contributed by atoms with Crippen LogP contribution >= 0.6 is 0 Å². The van der Waals surface area contributed by atoms with Crippen molar-refractivity contribution in [2.45, 2.75) is 102 Å². The Balaban J connectivity index is 1.84. The minimum absolute atomic E-state index is 0.269. The Hall–Kier alpha value is -1.51. The fraction of sp³-hybridized carbons (Fsp3) is 0.810. The van der Waals surface area contributed by atoms with Gasteiger partial charge >= 0.3 is 5.69 Å². The normalized spacial score (nSPS) is 24.3. The number of hydrogen-bond acceptors (Lipinski definition) is 5. The van der Waals surface area contributed by atoms with Gasteiger partial charge in [0.05, 0.1) is 6.61 Å². The van der Waals surface area contributed by atoms with Crippen LogP contribution in [0.4, 0.5) is 4.39 Å². The molecule has 1 unspecified atom stereocenters. The van der Waals surface area contributed by atoms with E-state index in [1.807, 2.05) is 0 Å². The predicted octanol–water partition coefficient (Wildman–Crippen LogP) is 2.52. The molecular weight excluding hydrogens is 379 g/mol. The fourth-order valence-electron chi connectivity index (χ4n) is 3.77. The van der Waals surface area contributed by atoms with Crippen LogP contribution in [-0.2, 0) is 11.3 Å². The fourth-order valence-corrected chi connectivity index (χ4v) is 3.77. The number of aliphatic hydroxyl groups excluding tert-OH is 2. The van der Waals surface area contributed by atoms with Gasteiger partial charge in [0.15, 0.2) is 12.4 Å². The first kappa shape index (κ1) is 23.8. The summed E-state index contributed by atoms with van der Waals surface area (Å²) >= 11 is 0. The first-order valence-corrected chi connectivity index (χ1v) is 10.9. The zero-order valence-electron chi connectivity index (χ0n) is 17.3. The molecule has 7 nitrogen and oxygen atoms in total. The van der Waals surface area contributed by atoms with Gasteiger partial charge in [-0.3, -0.25) is 13.9 Å². The third-order valence-electron chi connectivity index (χ3n) is 5.58. The van der Waals surface area contributed by atoms with E-state index in [4.69, 9.17) is 9.84 Å². The molecule has 0 bridgehead atoms. The molecule has 1 saturated heterocycles. The van der Waals surface area contributed by atoms with E-state index in [9.17, 15) is 19.1 Å². The van der Waals surface area contributed by atoms with Gasteiger partial charge in [-0.15, -0.1) is 0 Å². The maximum atomic E-state index is 14.3. The quantitative estimate of drug-likeness (QED) is 0.484. The number of ether oxygens (including phenoxy) is 1. The Labute approximate surface area is 171 Å². The largest absolute Gasteiger partial charge is 0.394 e. The number of unbranched alkanes of at least 4 members (excludes halogenated alkanes) is 9. The van der Waals surface area contributed by atoms with Gasteiger partial charge in [0.2, 0.25) is 0 Å². The van der Waals surface area contributed by atoms with Crippen molar-refractivity contribution in [2.24, 2.45) is 0 Å². The highest BCUT2D eigenvalue weighted by Crippen LogP contribution is 2.30. The van der Waals surface area contributed by atoms with Crippen LogP contribution in [-0.4, -0.2) is 44.3 Å². The molecule has 1 aromatic heterocycles. The minimum Gasteiger partial charge on any atom is -0.394 e. The Kier molecular flexibility index (Phi) is 10.0. The lowest BCUT2D eigenvalue weighted by Gasteiger charge is -2.17. The second-order valence-corrected chi connectivity index (χ2v) is 7.86. The molecule has 0 amide bonds. The van der Waals surface area contributed by atoms with Crippen LogP contribution < -0.4 is 11.2 Å². The van der Waals surface area contributed by atoms with E-state index in [0.29, 0.717) is 6.42 Å². The van der Waals surface area contributed by atoms with E-state index in [-0.39, 0.29) is 6.54 Å². The van der Waals surface area contributed by atoms with Crippen molar-refractivity contribution in [3.8, 4) is 0 Å². The maximum Gasteiger partial charge on any atom is 0.333 e. The molecule has 166 valence electrons. The predicted molar refractivity (Wildman–Crippen MR) is 109 cm³/mol. The van der Waals surface area contributed by atoms with Crippen LogP contribution in [0.2, 0.25) is 0 Å². The minimum atomic E-state index is -1.85. The highest BCUT2D eigenvalue weighted by Gasteiger charge is 2.45. The summed E-state index contributed by atoms with van der Waals surface area (Å²) in [6, 6.07) is 1.20. The molecule has 1 aliphatic heterocycles. The molecule has 8 heteroatoms. The van der Waals surface area contributed by atoms with E-state index in [1.165, 1.54) is 50.8 Å². The molecular formula is C21H35FN2O5. The maximum absolute atomic E-state index is 14.3. The summed E-state index contributed by atoms with van der Waals surface area (Å²) in [6.07, 6.45) is 6.83. The van der Waals surface area contributed by atoms with Crippen molar-refractivity contribution in [3.63, 3.8) is 0 Å². The molecule has 1 fully saturated rings. The standard InChI is InChI=1S/C21H35FN2O5/c1-2-3-4-5-6-7-8-9-10-11-13-23-17(26)12-14-24(21(23)28)20-18(22)19(27)16(15-25)29-20/h12,14,16,18-20,25,27H,2-11,13,15H2,1H3/t16-,18-,19?,20-/m1/s1. The Morgan fingerprint density at radius 1 is 1.03 bits per heavy atom. The van der Waals surface area contributed by atoms with Gasteiger partial charge in [0.1, 0.15) is 12.2 Å². The summed E-state index contributed by atoms with van der Waals surface area (Å²) in [5.74, 6) is 0. The van der Waals surface area contributed by atoms with Crippen molar-refractivity contribution in [3.05, 3.63) is 33.1 Å². The molecule has 0 radical (unpaired) electrons. The van der Waals surface area contributed by atoms with Crippen LogP contribution in [0.5, 0.6) is 0 Å². The lowest BCUT2D eigenvalue weighted by molar-refractivity contribution is -0.0496. The van der Waals surface area contributed by atoms with Crippen LogP contribution in [0.3, 0.4) is 0 Å². The van der Waals surface area contributed by atoms with Gasteiger partial charge in [-0.25, -0.2) is 9.18 Å². The molecule has 1 aliphatic rings. The molecule has 2 rings (SSSR count). The smallest absolute Gasteiger partial charge is 0.333 e. The van der Waals surface area contributed by atoms with Crippen LogP contribution in [0.25, 0.3) is 0 Å². The SMILES string of the molecule is CCCCCCCCCCCCn1c(=O)ccn([C@@H]2O[C@H](CO)C(O)[C@H]2F)c1=O. The second kappa shape index (κ2) is 12.2. The topological polar surface area (TPSA) is 93.7 Å². The van der Waals surface area contributed by atoms with Crippen LogP contribution in [0, 0.1) is 0 Å². The van der Waals surface area contributed by atoms with Gasteiger partial charge < -0.3 is 14.9 Å². The third kappa shape index (κ3) is 6.49. The van der Waals surface area contributed by atoms with Gasteiger partial charge in [-0.05, 0) is 6.42 Å². The van der Waals surface area contributed by atoms with Gasteiger partial charge in [0, 0.05) is 18.8 Å². The highest BCUT2D eigenvalue weighted by molar-refractivity contribution is 4.94. The van der Waals surface area contributed by atoms with E-state index >= 15 is 0 Å². The molecule has 29 heavy (non-hydrogen) atoms. The van der Waals surface area contributed by atoms with Crippen molar-refractivity contribution in [1.82, 2.24) is 9.13 Å². The van der Waals surface area contributed by atoms with Crippen molar-refractivity contribution >= 4 is 0 Å². The Morgan fingerprint density at radius 3 is 2.17 bits per heavy atom. The summed E-state index contributed by atoms with van der Waals surface area (Å²) in [5, 5.41) is 18.9. The number of aliphatic hydroxyl groups is 2. The van der Waals surface area contributed by atoms with E-state index in [0.717, 1.165) is 28.4 Å². The van der Waals surface area contributed by atoms with Crippen molar-refractivity contribution in [1.29, 1.82) is 0 Å². The van der Waals surface area contributed by atoms with E-state index in [1.54, 1.807) is 0 Å². The van der Waals surface area contributed by atoms with Crippen molar-refractivity contribution in [2.75, 3.05) is 6.61 Å². The van der Waals surface area contributed by atoms with Gasteiger partial charge in [-0.2, -0.15) is 0 Å². The number of hydrogen-bond donors (Lipinski definition) is 2. The molecule has 0 aliphatic carbocycles. The number of nitrogens with zero attached hydrogens (tertiary/aromatic N) is 2. The summed E-state index contributed by atoms with van der Waals surface area (Å²) in [6.45, 7) is 1.93. The molecule has 1 aromatic rings. The number of aromatic nitrogens is 2. The number of rotatable bonds is 13. The van der Waals surface area contributed by atoms with Gasteiger partial charge in [-0.1, -0.05) is 64.7 Å². The highest BCUT2D eigenvalue weighted by atomic mass is 19.1. The van der Waals surface area contributed by atoms with Crippen LogP contribution in [0.15, 0.2) is 21.9 Å². The van der Waals surface area contributed by atoms with E-state index < -0.39 is 42.5 Å². The molecule has 2 N–H and O–H groups in total. The zero-order chi connectivity index (χ0) is 21.2. The van der Waals surface area contributed by atoms with E-state index in [2.05, 4.69) is 6.92 Å². The summed E-state index contributed by atoms with van der Waals surface area (Å²) in [4.78, 5) is 24.7. The average molecular weight is 415 g/mol. The summed E-state index contributed by atoms with van der Waals surface area (Å²) in [7, 11) is 0. The lowest BCUT2D eigenvalue weighted by atomic mass is 10.1. The first-order valence-electron chi connectivity index (χ1n) is 10.9. The first-order chi connectivity index (χ1) is 14.0. The Bertz CT molecular complexity index is 720. The van der Waals surface area contributed by atoms with Crippen molar-refractivity contribution < 1.29 is 19.3 Å².